The number of anilines is 1. The molecule has 5 rings (SSSR count). The van der Waals surface area contributed by atoms with Crippen LogP contribution < -0.4 is 4.90 Å². The van der Waals surface area contributed by atoms with E-state index in [1.54, 1.807) is 0 Å². The fourth-order valence-corrected chi connectivity index (χ4v) is 4.94. The fourth-order valence-electron chi connectivity index (χ4n) is 4.94. The molecule has 0 atom stereocenters. The van der Waals surface area contributed by atoms with Gasteiger partial charge < -0.3 is 4.90 Å². The molecule has 4 heteroatoms. The molecule has 154 valence electrons. The van der Waals surface area contributed by atoms with Gasteiger partial charge in [0.15, 0.2) is 5.82 Å². The van der Waals surface area contributed by atoms with Gasteiger partial charge in [-0.05, 0) is 24.5 Å². The van der Waals surface area contributed by atoms with Crippen molar-refractivity contribution in [2.75, 3.05) is 31.1 Å². The van der Waals surface area contributed by atoms with Gasteiger partial charge in [-0.2, -0.15) is 0 Å². The highest BCUT2D eigenvalue weighted by atomic mass is 15.3. The summed E-state index contributed by atoms with van der Waals surface area (Å²) in [5.41, 5.74) is 4.42. The van der Waals surface area contributed by atoms with E-state index < -0.39 is 0 Å². The third-order valence-electron chi connectivity index (χ3n) is 6.63. The van der Waals surface area contributed by atoms with Crippen LogP contribution in [0.25, 0.3) is 22.4 Å². The zero-order valence-corrected chi connectivity index (χ0v) is 17.6. The summed E-state index contributed by atoms with van der Waals surface area (Å²) in [7, 11) is 0. The summed E-state index contributed by atoms with van der Waals surface area (Å²) in [4.78, 5) is 5.15. The first kappa shape index (κ1) is 19.3. The lowest BCUT2D eigenvalue weighted by molar-refractivity contribution is 0.147. The van der Waals surface area contributed by atoms with Gasteiger partial charge in [0.1, 0.15) is 0 Å². The average molecular weight is 399 g/mol. The summed E-state index contributed by atoms with van der Waals surface area (Å²) < 4.78 is 0. The number of benzene rings is 2. The van der Waals surface area contributed by atoms with E-state index in [0.29, 0.717) is 0 Å². The lowest BCUT2D eigenvalue weighted by Crippen LogP contribution is -2.51. The molecule has 0 spiro atoms. The van der Waals surface area contributed by atoms with Crippen molar-refractivity contribution in [1.82, 2.24) is 15.1 Å². The lowest BCUT2D eigenvalue weighted by atomic mass is 9.94. The fraction of sp³-hybridized carbons (Fsp3) is 0.385. The maximum atomic E-state index is 4.75. The standard InChI is InChI=1S/C26H30N4/c1-4-10-21(11-5-1)24-20-25(22-12-6-2-7-13-22)27-28-26(24)30-18-16-29(17-19-30)23-14-8-3-9-15-23/h1-2,4-7,10-13,20,23H,3,8-9,14-19H2. The smallest absolute Gasteiger partial charge is 0.159 e. The van der Waals surface area contributed by atoms with Gasteiger partial charge in [0, 0.05) is 43.3 Å². The van der Waals surface area contributed by atoms with Gasteiger partial charge in [0.2, 0.25) is 0 Å². The highest BCUT2D eigenvalue weighted by Gasteiger charge is 2.27. The molecule has 0 unspecified atom stereocenters. The van der Waals surface area contributed by atoms with Crippen LogP contribution in [0.2, 0.25) is 0 Å². The molecule has 1 aliphatic heterocycles. The molecule has 1 saturated heterocycles. The van der Waals surface area contributed by atoms with Crippen LogP contribution in [-0.4, -0.2) is 47.3 Å². The van der Waals surface area contributed by atoms with Crippen LogP contribution in [0.1, 0.15) is 32.1 Å². The van der Waals surface area contributed by atoms with Crippen molar-refractivity contribution in [3.63, 3.8) is 0 Å². The Morgan fingerprint density at radius 2 is 1.30 bits per heavy atom. The van der Waals surface area contributed by atoms with Crippen molar-refractivity contribution in [1.29, 1.82) is 0 Å². The van der Waals surface area contributed by atoms with Crippen molar-refractivity contribution in [2.45, 2.75) is 38.1 Å². The Balaban J connectivity index is 1.42. The summed E-state index contributed by atoms with van der Waals surface area (Å²) in [6.45, 7) is 4.30. The number of nitrogens with zero attached hydrogens (tertiary/aromatic N) is 4. The normalized spacial score (nSPS) is 18.5. The molecule has 2 fully saturated rings. The number of hydrogen-bond donors (Lipinski definition) is 0. The molecule has 0 bridgehead atoms. The molecule has 0 radical (unpaired) electrons. The molecular weight excluding hydrogens is 368 g/mol. The number of piperazine rings is 1. The first-order valence-corrected chi connectivity index (χ1v) is 11.4. The second kappa shape index (κ2) is 8.97. The van der Waals surface area contributed by atoms with Gasteiger partial charge in [-0.1, -0.05) is 79.9 Å². The van der Waals surface area contributed by atoms with E-state index >= 15 is 0 Å². The van der Waals surface area contributed by atoms with Gasteiger partial charge in [0.25, 0.3) is 0 Å². The summed E-state index contributed by atoms with van der Waals surface area (Å²) >= 11 is 0. The molecule has 2 heterocycles. The topological polar surface area (TPSA) is 32.3 Å². The van der Waals surface area contributed by atoms with Crippen LogP contribution in [0, 0.1) is 0 Å². The monoisotopic (exact) mass is 398 g/mol. The van der Waals surface area contributed by atoms with Crippen molar-refractivity contribution in [3.8, 4) is 22.4 Å². The third kappa shape index (κ3) is 4.10. The predicted molar refractivity (Wildman–Crippen MR) is 124 cm³/mol. The zero-order valence-electron chi connectivity index (χ0n) is 17.6. The summed E-state index contributed by atoms with van der Waals surface area (Å²) in [6, 6.07) is 24.0. The van der Waals surface area contributed by atoms with Crippen LogP contribution >= 0.6 is 0 Å². The molecule has 1 aliphatic carbocycles. The SMILES string of the molecule is c1ccc(-c2cc(-c3ccccc3)c(N3CCN(C4CCCCC4)CC3)nn2)cc1. The first-order valence-electron chi connectivity index (χ1n) is 11.4. The third-order valence-corrected chi connectivity index (χ3v) is 6.63. The number of rotatable bonds is 4. The second-order valence-corrected chi connectivity index (χ2v) is 8.51. The summed E-state index contributed by atoms with van der Waals surface area (Å²) in [6.07, 6.45) is 6.97. The molecule has 0 amide bonds. The van der Waals surface area contributed by atoms with Crippen LogP contribution in [0.3, 0.4) is 0 Å². The Kier molecular flexibility index (Phi) is 5.76. The van der Waals surface area contributed by atoms with Crippen molar-refractivity contribution in [3.05, 3.63) is 66.7 Å². The summed E-state index contributed by atoms with van der Waals surface area (Å²) in [5.74, 6) is 1.02. The molecule has 30 heavy (non-hydrogen) atoms. The van der Waals surface area contributed by atoms with E-state index in [2.05, 4.69) is 75.6 Å². The summed E-state index contributed by atoms with van der Waals surface area (Å²) in [5, 5.41) is 9.36. The van der Waals surface area contributed by atoms with E-state index in [1.807, 2.05) is 6.07 Å². The minimum Gasteiger partial charge on any atom is -0.352 e. The van der Waals surface area contributed by atoms with Crippen LogP contribution in [0.4, 0.5) is 5.82 Å². The average Bonchev–Trinajstić information content (AvgIpc) is 2.85. The van der Waals surface area contributed by atoms with E-state index in [-0.39, 0.29) is 0 Å². The number of hydrogen-bond acceptors (Lipinski definition) is 4. The number of aromatic nitrogens is 2. The zero-order chi connectivity index (χ0) is 20.2. The minimum absolute atomic E-state index is 0.793. The van der Waals surface area contributed by atoms with Crippen molar-refractivity contribution < 1.29 is 0 Å². The van der Waals surface area contributed by atoms with E-state index in [1.165, 1.54) is 43.2 Å². The Bertz CT molecular complexity index is 943. The second-order valence-electron chi connectivity index (χ2n) is 8.51. The Morgan fingerprint density at radius 1 is 0.667 bits per heavy atom. The van der Waals surface area contributed by atoms with Crippen LogP contribution in [0.15, 0.2) is 66.7 Å². The molecule has 1 saturated carbocycles. The molecule has 2 aliphatic rings. The highest BCUT2D eigenvalue weighted by Crippen LogP contribution is 2.33. The first-order chi connectivity index (χ1) is 14.9. The van der Waals surface area contributed by atoms with Crippen molar-refractivity contribution >= 4 is 5.82 Å². The van der Waals surface area contributed by atoms with Gasteiger partial charge in [-0.15, -0.1) is 10.2 Å². The van der Waals surface area contributed by atoms with Gasteiger partial charge in [-0.3, -0.25) is 4.90 Å². The molecule has 0 N–H and O–H groups in total. The Labute approximate surface area is 179 Å². The molecular formula is C26H30N4. The largest absolute Gasteiger partial charge is 0.352 e. The lowest BCUT2D eigenvalue weighted by Gasteiger charge is -2.41. The Hall–Kier alpha value is -2.72. The van der Waals surface area contributed by atoms with Gasteiger partial charge >= 0.3 is 0 Å². The van der Waals surface area contributed by atoms with Gasteiger partial charge in [0.05, 0.1) is 5.69 Å². The van der Waals surface area contributed by atoms with E-state index in [4.69, 9.17) is 5.10 Å². The maximum Gasteiger partial charge on any atom is 0.159 e. The van der Waals surface area contributed by atoms with E-state index in [0.717, 1.165) is 49.3 Å². The minimum atomic E-state index is 0.793. The molecule has 4 nitrogen and oxygen atoms in total. The van der Waals surface area contributed by atoms with Crippen molar-refractivity contribution in [2.24, 2.45) is 0 Å². The molecule has 1 aromatic heterocycles. The van der Waals surface area contributed by atoms with Crippen LogP contribution in [-0.2, 0) is 0 Å². The van der Waals surface area contributed by atoms with Gasteiger partial charge in [-0.25, -0.2) is 0 Å². The maximum absolute atomic E-state index is 4.75. The van der Waals surface area contributed by atoms with E-state index in [9.17, 15) is 0 Å². The Morgan fingerprint density at radius 3 is 1.97 bits per heavy atom. The predicted octanol–water partition coefficient (Wildman–Crippen LogP) is 5.27. The molecule has 2 aromatic carbocycles. The quantitative estimate of drug-likeness (QED) is 0.600. The molecule has 3 aromatic rings. The van der Waals surface area contributed by atoms with Crippen LogP contribution in [0.5, 0.6) is 0 Å². The highest BCUT2D eigenvalue weighted by molar-refractivity contribution is 5.79.